The highest BCUT2D eigenvalue weighted by molar-refractivity contribution is 7.09. The number of hydrogen-bond donors (Lipinski definition) is 0. The van der Waals surface area contributed by atoms with Crippen LogP contribution in [0.3, 0.4) is 0 Å². The Bertz CT molecular complexity index is 283. The highest BCUT2D eigenvalue weighted by Crippen LogP contribution is 2.32. The van der Waals surface area contributed by atoms with Crippen molar-refractivity contribution in [1.82, 2.24) is 4.98 Å². The van der Waals surface area contributed by atoms with Gasteiger partial charge in [0.1, 0.15) is 16.8 Å². The molecule has 0 amide bonds. The zero-order valence-electron chi connectivity index (χ0n) is 6.87. The van der Waals surface area contributed by atoms with Crippen LogP contribution in [0.25, 0.3) is 0 Å². The van der Waals surface area contributed by atoms with Gasteiger partial charge in [-0.1, -0.05) is 0 Å². The molecule has 0 aromatic carbocycles. The molecule has 1 atom stereocenters. The van der Waals surface area contributed by atoms with E-state index in [1.165, 1.54) is 16.7 Å². The molecule has 2 nitrogen and oxygen atoms in total. The van der Waals surface area contributed by atoms with Gasteiger partial charge in [-0.05, 0) is 12.8 Å². The van der Waals surface area contributed by atoms with Gasteiger partial charge in [0.15, 0.2) is 0 Å². The van der Waals surface area contributed by atoms with Gasteiger partial charge < -0.3 is 4.74 Å². The highest BCUT2D eigenvalue weighted by Gasteiger charge is 2.22. The van der Waals surface area contributed by atoms with Gasteiger partial charge in [-0.3, -0.25) is 0 Å². The van der Waals surface area contributed by atoms with E-state index in [0.717, 1.165) is 12.8 Å². The molecular weight excluding hydrogens is 196 g/mol. The molecule has 1 unspecified atom stereocenters. The monoisotopic (exact) mass is 205 g/mol. The zero-order chi connectivity index (χ0) is 9.26. The lowest BCUT2D eigenvalue weighted by atomic mass is 10.2. The summed E-state index contributed by atoms with van der Waals surface area (Å²) in [5, 5.41) is 2.09. The van der Waals surface area contributed by atoms with Gasteiger partial charge in [0, 0.05) is 12.0 Å². The predicted octanol–water partition coefficient (Wildman–Crippen LogP) is 2.93. The van der Waals surface area contributed by atoms with Gasteiger partial charge in [0.05, 0.1) is 0 Å². The standard InChI is InChI=1S/C8H9F2NOS/c9-7(10)5-4-13-8(11-5)6-2-1-3-12-6/h4,6-7H,1-3H2. The van der Waals surface area contributed by atoms with E-state index in [9.17, 15) is 8.78 Å². The first-order valence-corrected chi connectivity index (χ1v) is 5.00. The van der Waals surface area contributed by atoms with E-state index in [1.807, 2.05) is 0 Å². The molecule has 0 aliphatic carbocycles. The fraction of sp³-hybridized carbons (Fsp3) is 0.625. The van der Waals surface area contributed by atoms with Crippen molar-refractivity contribution in [2.24, 2.45) is 0 Å². The van der Waals surface area contributed by atoms with E-state index < -0.39 is 6.43 Å². The van der Waals surface area contributed by atoms with Gasteiger partial charge in [-0.2, -0.15) is 0 Å². The van der Waals surface area contributed by atoms with Crippen LogP contribution in [0.4, 0.5) is 8.78 Å². The first-order valence-electron chi connectivity index (χ1n) is 4.12. The van der Waals surface area contributed by atoms with E-state index in [0.29, 0.717) is 11.6 Å². The summed E-state index contributed by atoms with van der Waals surface area (Å²) in [7, 11) is 0. The van der Waals surface area contributed by atoms with Gasteiger partial charge in [0.2, 0.25) is 0 Å². The summed E-state index contributed by atoms with van der Waals surface area (Å²) < 4.78 is 29.7. The van der Waals surface area contributed by atoms with Crippen LogP contribution in [0.5, 0.6) is 0 Å². The molecule has 2 heterocycles. The fourth-order valence-corrected chi connectivity index (χ4v) is 2.21. The third-order valence-electron chi connectivity index (χ3n) is 1.97. The molecule has 13 heavy (non-hydrogen) atoms. The Morgan fingerprint density at radius 1 is 1.62 bits per heavy atom. The topological polar surface area (TPSA) is 22.1 Å². The molecule has 0 N–H and O–H groups in total. The summed E-state index contributed by atoms with van der Waals surface area (Å²) in [6.07, 6.45) is -0.617. The normalized spacial score (nSPS) is 22.8. The third-order valence-corrected chi connectivity index (χ3v) is 2.92. The number of rotatable bonds is 2. The van der Waals surface area contributed by atoms with Gasteiger partial charge in [-0.25, -0.2) is 13.8 Å². The number of nitrogens with zero attached hydrogens (tertiary/aromatic N) is 1. The van der Waals surface area contributed by atoms with Crippen molar-refractivity contribution in [2.75, 3.05) is 6.61 Å². The maximum atomic E-state index is 12.2. The molecule has 1 aromatic heterocycles. The number of ether oxygens (including phenoxy) is 1. The molecule has 1 fully saturated rings. The molecular formula is C8H9F2NOS. The van der Waals surface area contributed by atoms with E-state index in [1.54, 1.807) is 0 Å². The summed E-state index contributed by atoms with van der Waals surface area (Å²) in [6.45, 7) is 0.717. The SMILES string of the molecule is FC(F)c1csc(C2CCCO2)n1. The van der Waals surface area contributed by atoms with Crippen molar-refractivity contribution in [2.45, 2.75) is 25.4 Å². The number of alkyl halides is 2. The van der Waals surface area contributed by atoms with Crippen molar-refractivity contribution >= 4 is 11.3 Å². The summed E-state index contributed by atoms with van der Waals surface area (Å²) >= 11 is 1.26. The Morgan fingerprint density at radius 2 is 2.46 bits per heavy atom. The minimum absolute atomic E-state index is 0.0440. The quantitative estimate of drug-likeness (QED) is 0.740. The minimum Gasteiger partial charge on any atom is -0.371 e. The molecule has 0 bridgehead atoms. The van der Waals surface area contributed by atoms with Crippen molar-refractivity contribution < 1.29 is 13.5 Å². The molecule has 72 valence electrons. The minimum atomic E-state index is -2.47. The Hall–Kier alpha value is -0.550. The van der Waals surface area contributed by atoms with Crippen molar-refractivity contribution in [3.05, 3.63) is 16.1 Å². The Kier molecular flexibility index (Phi) is 2.55. The second kappa shape index (κ2) is 3.67. The molecule has 1 saturated heterocycles. The lowest BCUT2D eigenvalue weighted by Crippen LogP contribution is -1.95. The summed E-state index contributed by atoms with van der Waals surface area (Å²) in [4.78, 5) is 3.84. The summed E-state index contributed by atoms with van der Waals surface area (Å²) in [5.41, 5.74) is -0.129. The molecule has 1 aliphatic rings. The lowest BCUT2D eigenvalue weighted by molar-refractivity contribution is 0.110. The van der Waals surface area contributed by atoms with Crippen molar-refractivity contribution in [3.63, 3.8) is 0 Å². The van der Waals surface area contributed by atoms with Gasteiger partial charge in [-0.15, -0.1) is 11.3 Å². The molecule has 5 heteroatoms. The maximum absolute atomic E-state index is 12.2. The molecule has 0 saturated carbocycles. The Morgan fingerprint density at radius 3 is 3.00 bits per heavy atom. The fourth-order valence-electron chi connectivity index (χ4n) is 1.32. The second-order valence-corrected chi connectivity index (χ2v) is 3.80. The largest absolute Gasteiger partial charge is 0.371 e. The maximum Gasteiger partial charge on any atom is 0.281 e. The van der Waals surface area contributed by atoms with E-state index in [2.05, 4.69) is 4.98 Å². The average molecular weight is 205 g/mol. The first kappa shape index (κ1) is 9.02. The Balaban J connectivity index is 2.12. The number of thiazole rings is 1. The van der Waals surface area contributed by atoms with Crippen LogP contribution in [0.15, 0.2) is 5.38 Å². The molecule has 0 radical (unpaired) electrons. The average Bonchev–Trinajstić information content (AvgIpc) is 2.75. The third kappa shape index (κ3) is 1.86. The Labute approximate surface area is 78.6 Å². The molecule has 0 spiro atoms. The van der Waals surface area contributed by atoms with E-state index in [4.69, 9.17) is 4.74 Å². The molecule has 1 aliphatic heterocycles. The van der Waals surface area contributed by atoms with Gasteiger partial charge >= 0.3 is 0 Å². The van der Waals surface area contributed by atoms with E-state index >= 15 is 0 Å². The summed E-state index contributed by atoms with van der Waals surface area (Å²) in [5.74, 6) is 0. The number of aromatic nitrogens is 1. The van der Waals surface area contributed by atoms with Gasteiger partial charge in [0.25, 0.3) is 6.43 Å². The van der Waals surface area contributed by atoms with E-state index in [-0.39, 0.29) is 11.8 Å². The first-order chi connectivity index (χ1) is 6.27. The van der Waals surface area contributed by atoms with Crippen molar-refractivity contribution in [3.8, 4) is 0 Å². The molecule has 2 rings (SSSR count). The number of hydrogen-bond acceptors (Lipinski definition) is 3. The van der Waals surface area contributed by atoms with Crippen LogP contribution in [0.2, 0.25) is 0 Å². The van der Waals surface area contributed by atoms with Crippen LogP contribution in [0, 0.1) is 0 Å². The molecule has 1 aromatic rings. The highest BCUT2D eigenvalue weighted by atomic mass is 32.1. The number of halogens is 2. The van der Waals surface area contributed by atoms with Crippen LogP contribution >= 0.6 is 11.3 Å². The van der Waals surface area contributed by atoms with Crippen LogP contribution in [-0.2, 0) is 4.74 Å². The second-order valence-electron chi connectivity index (χ2n) is 2.91. The van der Waals surface area contributed by atoms with Crippen LogP contribution < -0.4 is 0 Å². The van der Waals surface area contributed by atoms with Crippen LogP contribution in [-0.4, -0.2) is 11.6 Å². The predicted molar refractivity (Wildman–Crippen MR) is 45.0 cm³/mol. The summed E-state index contributed by atoms with van der Waals surface area (Å²) in [6, 6.07) is 0. The smallest absolute Gasteiger partial charge is 0.281 e. The van der Waals surface area contributed by atoms with Crippen molar-refractivity contribution in [1.29, 1.82) is 0 Å². The van der Waals surface area contributed by atoms with Crippen LogP contribution in [0.1, 0.15) is 36.1 Å². The lowest BCUT2D eigenvalue weighted by Gasteiger charge is -2.03. The zero-order valence-corrected chi connectivity index (χ0v) is 7.69.